The van der Waals surface area contributed by atoms with E-state index in [4.69, 9.17) is 9.47 Å². The number of hydrogen-bond donors (Lipinski definition) is 0. The fourth-order valence-electron chi connectivity index (χ4n) is 3.68. The molecule has 0 spiro atoms. The third-order valence-electron chi connectivity index (χ3n) is 5.24. The van der Waals surface area contributed by atoms with Crippen molar-refractivity contribution in [3.63, 3.8) is 0 Å². The van der Waals surface area contributed by atoms with Crippen molar-refractivity contribution in [2.24, 2.45) is 0 Å². The zero-order valence-electron chi connectivity index (χ0n) is 15.3. The summed E-state index contributed by atoms with van der Waals surface area (Å²) in [5, 5.41) is 0. The Labute approximate surface area is 152 Å². The Balaban J connectivity index is 1.73. The maximum Gasteiger partial charge on any atom is 0.276 e. The van der Waals surface area contributed by atoms with Gasteiger partial charge in [-0.2, -0.15) is 0 Å². The van der Waals surface area contributed by atoms with E-state index in [2.05, 4.69) is 11.9 Å². The molecule has 2 atom stereocenters. The molecule has 6 nitrogen and oxygen atoms in total. The summed E-state index contributed by atoms with van der Waals surface area (Å²) in [6.07, 6.45) is 4.76. The normalized spacial score (nSPS) is 20.0. The molecule has 0 amide bonds. The van der Waals surface area contributed by atoms with Crippen molar-refractivity contribution < 1.29 is 9.47 Å². The summed E-state index contributed by atoms with van der Waals surface area (Å²) in [6.45, 7) is 5.29. The molecule has 1 aromatic carbocycles. The Morgan fingerprint density at radius 3 is 2.73 bits per heavy atom. The summed E-state index contributed by atoms with van der Waals surface area (Å²) < 4.78 is 14.6. The summed E-state index contributed by atoms with van der Waals surface area (Å²) in [5.41, 5.74) is 2.55. The van der Waals surface area contributed by atoms with E-state index in [0.717, 1.165) is 35.9 Å². The van der Waals surface area contributed by atoms with E-state index in [1.807, 2.05) is 41.8 Å². The van der Waals surface area contributed by atoms with Crippen molar-refractivity contribution in [1.29, 1.82) is 0 Å². The van der Waals surface area contributed by atoms with Crippen LogP contribution in [0.2, 0.25) is 0 Å². The molecular formula is C20H23N3O3. The molecule has 0 saturated carbocycles. The van der Waals surface area contributed by atoms with Gasteiger partial charge in [0.25, 0.3) is 5.56 Å². The van der Waals surface area contributed by atoms with Gasteiger partial charge >= 0.3 is 0 Å². The Morgan fingerprint density at radius 2 is 2.08 bits per heavy atom. The van der Waals surface area contributed by atoms with Crippen molar-refractivity contribution in [2.45, 2.75) is 38.8 Å². The van der Waals surface area contributed by atoms with E-state index in [9.17, 15) is 4.79 Å². The Morgan fingerprint density at radius 1 is 1.31 bits per heavy atom. The van der Waals surface area contributed by atoms with Gasteiger partial charge in [0.15, 0.2) is 0 Å². The van der Waals surface area contributed by atoms with Crippen molar-refractivity contribution in [3.05, 3.63) is 64.1 Å². The Hall–Kier alpha value is -2.60. The molecule has 136 valence electrons. The standard InChI is InChI=1S/C20H23N3O3/c1-13-11-23-18(10-21-19(23)17-8-9-26-14(17)2)20(24)22(13)12-15-4-6-16(25-3)7-5-15/h4-7,10-11,14,17H,8-9,12H2,1-3H3/t14-,17+/m1/s1. The molecule has 1 saturated heterocycles. The van der Waals surface area contributed by atoms with Crippen LogP contribution in [-0.4, -0.2) is 33.8 Å². The molecule has 6 heteroatoms. The molecule has 1 aliphatic heterocycles. The zero-order valence-corrected chi connectivity index (χ0v) is 15.3. The summed E-state index contributed by atoms with van der Waals surface area (Å²) in [5.74, 6) is 1.96. The number of benzene rings is 1. The maximum atomic E-state index is 13.0. The van der Waals surface area contributed by atoms with Crippen LogP contribution in [-0.2, 0) is 11.3 Å². The van der Waals surface area contributed by atoms with Crippen molar-refractivity contribution >= 4 is 5.52 Å². The highest BCUT2D eigenvalue weighted by Crippen LogP contribution is 2.30. The number of imidazole rings is 1. The minimum atomic E-state index is -0.0221. The molecule has 2 aromatic heterocycles. The van der Waals surface area contributed by atoms with Gasteiger partial charge in [-0.3, -0.25) is 9.20 Å². The van der Waals surface area contributed by atoms with Crippen LogP contribution in [0.1, 0.15) is 36.3 Å². The summed E-state index contributed by atoms with van der Waals surface area (Å²) in [7, 11) is 1.64. The van der Waals surface area contributed by atoms with Crippen molar-refractivity contribution in [1.82, 2.24) is 14.0 Å². The second kappa shape index (κ2) is 6.61. The Kier molecular flexibility index (Phi) is 4.28. The van der Waals surface area contributed by atoms with Crippen LogP contribution >= 0.6 is 0 Å². The largest absolute Gasteiger partial charge is 0.497 e. The van der Waals surface area contributed by atoms with E-state index >= 15 is 0 Å². The average molecular weight is 353 g/mol. The second-order valence-electron chi connectivity index (χ2n) is 6.85. The summed E-state index contributed by atoms with van der Waals surface area (Å²) in [4.78, 5) is 17.6. The van der Waals surface area contributed by atoms with Crippen LogP contribution in [0.25, 0.3) is 5.52 Å². The highest BCUT2D eigenvalue weighted by molar-refractivity contribution is 5.45. The minimum Gasteiger partial charge on any atom is -0.497 e. The molecule has 0 N–H and O–H groups in total. The van der Waals surface area contributed by atoms with Gasteiger partial charge in [0, 0.05) is 24.4 Å². The minimum absolute atomic E-state index is 0.0221. The van der Waals surface area contributed by atoms with E-state index in [0.29, 0.717) is 12.1 Å². The van der Waals surface area contributed by atoms with Crippen LogP contribution < -0.4 is 10.3 Å². The maximum absolute atomic E-state index is 13.0. The van der Waals surface area contributed by atoms with Crippen LogP contribution in [0.15, 0.2) is 41.5 Å². The first-order valence-corrected chi connectivity index (χ1v) is 8.90. The molecule has 26 heavy (non-hydrogen) atoms. The van der Waals surface area contributed by atoms with Gasteiger partial charge < -0.3 is 14.0 Å². The number of rotatable bonds is 4. The first kappa shape index (κ1) is 16.8. The molecule has 4 rings (SSSR count). The third-order valence-corrected chi connectivity index (χ3v) is 5.24. The van der Waals surface area contributed by atoms with Gasteiger partial charge in [0.05, 0.1) is 26.0 Å². The highest BCUT2D eigenvalue weighted by atomic mass is 16.5. The molecule has 0 aliphatic carbocycles. The van der Waals surface area contributed by atoms with Gasteiger partial charge in [-0.1, -0.05) is 12.1 Å². The van der Waals surface area contributed by atoms with Crippen LogP contribution in [0, 0.1) is 6.92 Å². The molecule has 0 bridgehead atoms. The molecular weight excluding hydrogens is 330 g/mol. The van der Waals surface area contributed by atoms with E-state index in [-0.39, 0.29) is 17.6 Å². The number of methoxy groups -OCH3 is 1. The molecule has 0 unspecified atom stereocenters. The lowest BCUT2D eigenvalue weighted by atomic mass is 10.0. The molecule has 1 aliphatic rings. The van der Waals surface area contributed by atoms with Gasteiger partial charge in [0.2, 0.25) is 0 Å². The lowest BCUT2D eigenvalue weighted by Crippen LogP contribution is -2.25. The highest BCUT2D eigenvalue weighted by Gasteiger charge is 2.29. The van der Waals surface area contributed by atoms with Crippen LogP contribution in [0.4, 0.5) is 0 Å². The van der Waals surface area contributed by atoms with Crippen LogP contribution in [0.5, 0.6) is 5.75 Å². The lowest BCUT2D eigenvalue weighted by molar-refractivity contribution is 0.117. The number of hydrogen-bond acceptors (Lipinski definition) is 4. The van der Waals surface area contributed by atoms with Gasteiger partial charge in [-0.15, -0.1) is 0 Å². The van der Waals surface area contributed by atoms with Crippen molar-refractivity contribution in [2.75, 3.05) is 13.7 Å². The number of fused-ring (bicyclic) bond motifs is 1. The quantitative estimate of drug-likeness (QED) is 0.724. The van der Waals surface area contributed by atoms with E-state index in [1.54, 1.807) is 17.9 Å². The predicted molar refractivity (Wildman–Crippen MR) is 99.1 cm³/mol. The zero-order chi connectivity index (χ0) is 18.3. The Bertz CT molecular complexity index is 988. The molecule has 3 heterocycles. The average Bonchev–Trinajstić information content (AvgIpc) is 3.25. The first-order valence-electron chi connectivity index (χ1n) is 8.90. The first-order chi connectivity index (χ1) is 12.6. The lowest BCUT2D eigenvalue weighted by Gasteiger charge is -2.15. The summed E-state index contributed by atoms with van der Waals surface area (Å²) in [6, 6.07) is 7.78. The topological polar surface area (TPSA) is 57.8 Å². The fourth-order valence-corrected chi connectivity index (χ4v) is 3.68. The number of aryl methyl sites for hydroxylation is 1. The van der Waals surface area contributed by atoms with E-state index < -0.39 is 0 Å². The number of nitrogens with zero attached hydrogens (tertiary/aromatic N) is 3. The molecule has 0 radical (unpaired) electrons. The predicted octanol–water partition coefficient (Wildman–Crippen LogP) is 2.75. The fraction of sp³-hybridized carbons (Fsp3) is 0.400. The smallest absolute Gasteiger partial charge is 0.276 e. The number of aromatic nitrogens is 3. The molecule has 3 aromatic rings. The molecule has 1 fully saturated rings. The van der Waals surface area contributed by atoms with Crippen molar-refractivity contribution in [3.8, 4) is 5.75 Å². The summed E-state index contributed by atoms with van der Waals surface area (Å²) >= 11 is 0. The third kappa shape index (κ3) is 2.80. The number of ether oxygens (including phenoxy) is 2. The monoisotopic (exact) mass is 353 g/mol. The van der Waals surface area contributed by atoms with Gasteiger partial charge in [-0.25, -0.2) is 4.98 Å². The second-order valence-corrected chi connectivity index (χ2v) is 6.85. The van der Waals surface area contributed by atoms with Gasteiger partial charge in [-0.05, 0) is 38.0 Å². The SMILES string of the molecule is COc1ccc(Cn2c(C)cn3c([C@H]4CCO[C@@H]4C)ncc3c2=O)cc1. The van der Waals surface area contributed by atoms with E-state index in [1.165, 1.54) is 0 Å². The van der Waals surface area contributed by atoms with Gasteiger partial charge in [0.1, 0.15) is 17.1 Å². The van der Waals surface area contributed by atoms with Crippen LogP contribution in [0.3, 0.4) is 0 Å².